The molecule has 0 aliphatic carbocycles. The number of aryl methyl sites for hydroxylation is 2. The van der Waals surface area contributed by atoms with Crippen LogP contribution in [0.2, 0.25) is 0 Å². The summed E-state index contributed by atoms with van der Waals surface area (Å²) in [6.45, 7) is 4.33. The van der Waals surface area contributed by atoms with Crippen LogP contribution in [0.1, 0.15) is 22.5 Å². The Hall–Kier alpha value is -2.63. The zero-order chi connectivity index (χ0) is 14.8. The highest BCUT2D eigenvalue weighted by molar-refractivity contribution is 5.79. The second kappa shape index (κ2) is 5.40. The Morgan fingerprint density at radius 2 is 2.24 bits per heavy atom. The van der Waals surface area contributed by atoms with Crippen molar-refractivity contribution in [1.82, 2.24) is 24.9 Å². The summed E-state index contributed by atoms with van der Waals surface area (Å²) in [5, 5.41) is 9.93. The lowest BCUT2D eigenvalue weighted by Gasteiger charge is -2.06. The van der Waals surface area contributed by atoms with E-state index >= 15 is 0 Å². The van der Waals surface area contributed by atoms with Crippen LogP contribution in [0.25, 0.3) is 5.52 Å². The van der Waals surface area contributed by atoms with Crippen LogP contribution in [0.3, 0.4) is 0 Å². The van der Waals surface area contributed by atoms with Gasteiger partial charge in [-0.2, -0.15) is 5.10 Å². The van der Waals surface area contributed by atoms with E-state index in [1.54, 1.807) is 12.5 Å². The summed E-state index contributed by atoms with van der Waals surface area (Å²) in [6, 6.07) is 3.98. The summed E-state index contributed by atoms with van der Waals surface area (Å²) < 4.78 is 1.94. The number of fused-ring (bicyclic) bond motifs is 1. The summed E-state index contributed by atoms with van der Waals surface area (Å²) in [5.41, 5.74) is 4.87. The molecule has 0 aliphatic rings. The molecule has 108 valence electrons. The van der Waals surface area contributed by atoms with Crippen LogP contribution in [0.4, 0.5) is 0 Å². The molecule has 6 heteroatoms. The fraction of sp³-hybridized carbons (Fsp3) is 0.267. The monoisotopic (exact) mass is 283 g/mol. The zero-order valence-corrected chi connectivity index (χ0v) is 12.1. The fourth-order valence-corrected chi connectivity index (χ4v) is 2.33. The summed E-state index contributed by atoms with van der Waals surface area (Å²) in [7, 11) is 0. The predicted octanol–water partition coefficient (Wildman–Crippen LogP) is 1.53. The van der Waals surface area contributed by atoms with Crippen molar-refractivity contribution in [3.8, 4) is 0 Å². The summed E-state index contributed by atoms with van der Waals surface area (Å²) in [6.07, 6.45) is 5.87. The number of amides is 1. The minimum Gasteiger partial charge on any atom is -0.352 e. The van der Waals surface area contributed by atoms with Crippen LogP contribution < -0.4 is 5.32 Å². The van der Waals surface area contributed by atoms with E-state index < -0.39 is 0 Å². The fourth-order valence-electron chi connectivity index (χ4n) is 2.33. The highest BCUT2D eigenvalue weighted by atomic mass is 16.1. The Labute approximate surface area is 122 Å². The van der Waals surface area contributed by atoms with E-state index in [1.165, 1.54) is 0 Å². The van der Waals surface area contributed by atoms with Gasteiger partial charge < -0.3 is 9.72 Å². The molecule has 0 atom stereocenters. The Kier molecular flexibility index (Phi) is 3.43. The van der Waals surface area contributed by atoms with Crippen molar-refractivity contribution in [2.24, 2.45) is 0 Å². The van der Waals surface area contributed by atoms with Gasteiger partial charge in [0.15, 0.2) is 0 Å². The third-order valence-corrected chi connectivity index (χ3v) is 3.58. The van der Waals surface area contributed by atoms with Crippen molar-refractivity contribution in [2.75, 3.05) is 0 Å². The van der Waals surface area contributed by atoms with Gasteiger partial charge in [-0.3, -0.25) is 9.89 Å². The molecule has 0 saturated heterocycles. The van der Waals surface area contributed by atoms with Crippen LogP contribution >= 0.6 is 0 Å². The number of nitrogens with zero attached hydrogens (tertiary/aromatic N) is 3. The molecule has 0 aromatic carbocycles. The number of carbonyl (C=O) groups is 1. The van der Waals surface area contributed by atoms with Gasteiger partial charge in [-0.15, -0.1) is 0 Å². The molecule has 0 fully saturated rings. The number of H-pyrrole nitrogens is 1. The van der Waals surface area contributed by atoms with Gasteiger partial charge in [0.05, 0.1) is 30.2 Å². The number of carbonyl (C=O) groups excluding carboxylic acids is 1. The van der Waals surface area contributed by atoms with Gasteiger partial charge in [0, 0.05) is 24.0 Å². The number of aromatic nitrogens is 4. The minimum atomic E-state index is -0.00618. The molecule has 3 heterocycles. The number of hydrogen-bond donors (Lipinski definition) is 2. The molecule has 0 spiro atoms. The maximum atomic E-state index is 12.0. The average molecular weight is 283 g/mol. The van der Waals surface area contributed by atoms with E-state index in [4.69, 9.17) is 0 Å². The molecule has 0 unspecified atom stereocenters. The van der Waals surface area contributed by atoms with Crippen LogP contribution in [0.5, 0.6) is 0 Å². The second-order valence-corrected chi connectivity index (χ2v) is 5.13. The molecule has 21 heavy (non-hydrogen) atoms. The molecule has 0 radical (unpaired) electrons. The van der Waals surface area contributed by atoms with Gasteiger partial charge in [-0.05, 0) is 25.5 Å². The van der Waals surface area contributed by atoms with Gasteiger partial charge in [0.1, 0.15) is 0 Å². The Bertz CT molecular complexity index is 767. The van der Waals surface area contributed by atoms with E-state index in [-0.39, 0.29) is 5.91 Å². The maximum Gasteiger partial charge on any atom is 0.224 e. The van der Waals surface area contributed by atoms with Crippen molar-refractivity contribution >= 4 is 11.4 Å². The van der Waals surface area contributed by atoms with E-state index in [9.17, 15) is 4.79 Å². The van der Waals surface area contributed by atoms with Gasteiger partial charge in [-0.25, -0.2) is 4.98 Å². The third kappa shape index (κ3) is 2.79. The topological polar surface area (TPSA) is 75.1 Å². The lowest BCUT2D eigenvalue weighted by Crippen LogP contribution is -2.25. The van der Waals surface area contributed by atoms with E-state index in [0.717, 1.165) is 28.0 Å². The van der Waals surface area contributed by atoms with Crippen LogP contribution in [0, 0.1) is 13.8 Å². The minimum absolute atomic E-state index is 0.00618. The van der Waals surface area contributed by atoms with Gasteiger partial charge >= 0.3 is 0 Å². The maximum absolute atomic E-state index is 12.0. The molecular weight excluding hydrogens is 266 g/mol. The number of imidazole rings is 1. The lowest BCUT2D eigenvalue weighted by atomic mass is 10.1. The summed E-state index contributed by atoms with van der Waals surface area (Å²) >= 11 is 0. The van der Waals surface area contributed by atoms with E-state index in [1.807, 2.05) is 36.6 Å². The van der Waals surface area contributed by atoms with Crippen molar-refractivity contribution < 1.29 is 4.79 Å². The lowest BCUT2D eigenvalue weighted by molar-refractivity contribution is -0.120. The van der Waals surface area contributed by atoms with Crippen molar-refractivity contribution in [3.63, 3.8) is 0 Å². The first kappa shape index (κ1) is 13.4. The van der Waals surface area contributed by atoms with E-state index in [0.29, 0.717) is 13.0 Å². The standard InChI is InChI=1S/C15H17N5O/c1-10-14(11(2)19-18-10)5-15(21)17-6-12-3-4-13-7-16-9-20(13)8-12/h3-4,7-9H,5-6H2,1-2H3,(H,17,21)(H,18,19). The number of pyridine rings is 1. The second-order valence-electron chi connectivity index (χ2n) is 5.13. The number of nitrogens with one attached hydrogen (secondary N) is 2. The Morgan fingerprint density at radius 3 is 3.00 bits per heavy atom. The summed E-state index contributed by atoms with van der Waals surface area (Å²) in [4.78, 5) is 16.1. The van der Waals surface area contributed by atoms with Gasteiger partial charge in [0.25, 0.3) is 0 Å². The first-order chi connectivity index (χ1) is 10.1. The Morgan fingerprint density at radius 1 is 1.38 bits per heavy atom. The smallest absolute Gasteiger partial charge is 0.224 e. The van der Waals surface area contributed by atoms with Crippen LogP contribution in [0.15, 0.2) is 30.9 Å². The van der Waals surface area contributed by atoms with Crippen LogP contribution in [-0.2, 0) is 17.8 Å². The van der Waals surface area contributed by atoms with Crippen LogP contribution in [-0.4, -0.2) is 25.5 Å². The zero-order valence-electron chi connectivity index (χ0n) is 12.1. The number of hydrogen-bond acceptors (Lipinski definition) is 3. The largest absolute Gasteiger partial charge is 0.352 e. The molecule has 3 aromatic rings. The Balaban J connectivity index is 1.63. The number of rotatable bonds is 4. The SMILES string of the molecule is Cc1n[nH]c(C)c1CC(=O)NCc1ccc2cncn2c1. The number of aromatic amines is 1. The summed E-state index contributed by atoms with van der Waals surface area (Å²) in [5.74, 6) is -0.00618. The molecule has 3 rings (SSSR count). The molecule has 3 aromatic heterocycles. The third-order valence-electron chi connectivity index (χ3n) is 3.58. The van der Waals surface area contributed by atoms with Gasteiger partial charge in [-0.1, -0.05) is 6.07 Å². The first-order valence-corrected chi connectivity index (χ1v) is 6.81. The van der Waals surface area contributed by atoms with Crippen molar-refractivity contribution in [1.29, 1.82) is 0 Å². The quantitative estimate of drug-likeness (QED) is 0.762. The molecule has 0 saturated carbocycles. The highest BCUT2D eigenvalue weighted by Gasteiger charge is 2.11. The normalized spacial score (nSPS) is 11.0. The van der Waals surface area contributed by atoms with E-state index in [2.05, 4.69) is 20.5 Å². The predicted molar refractivity (Wildman–Crippen MR) is 78.8 cm³/mol. The highest BCUT2D eigenvalue weighted by Crippen LogP contribution is 2.10. The molecule has 0 aliphatic heterocycles. The van der Waals surface area contributed by atoms with Crippen molar-refractivity contribution in [2.45, 2.75) is 26.8 Å². The molecule has 0 bridgehead atoms. The average Bonchev–Trinajstić information content (AvgIpc) is 3.06. The molecule has 1 amide bonds. The first-order valence-electron chi connectivity index (χ1n) is 6.81. The molecular formula is C15H17N5O. The molecule has 6 nitrogen and oxygen atoms in total. The molecule has 2 N–H and O–H groups in total. The van der Waals surface area contributed by atoms with Gasteiger partial charge in [0.2, 0.25) is 5.91 Å². The van der Waals surface area contributed by atoms with Crippen molar-refractivity contribution in [3.05, 3.63) is 53.4 Å².